The SMILES string of the molecule is CS(=O)(=O)NC(=O)c1ccc(-c2ccc(CCNC[C@H](O)c3ccccc3)cc2)cc1OCC(F)(F)F.Cl. The van der Waals surface area contributed by atoms with E-state index in [0.29, 0.717) is 30.6 Å². The molecule has 0 radical (unpaired) electrons. The molecule has 206 valence electrons. The van der Waals surface area contributed by atoms with Crippen LogP contribution in [-0.2, 0) is 16.4 Å². The summed E-state index contributed by atoms with van der Waals surface area (Å²) in [4.78, 5) is 12.3. The van der Waals surface area contributed by atoms with Crippen LogP contribution in [-0.4, -0.2) is 51.6 Å². The second-order valence-electron chi connectivity index (χ2n) is 8.40. The molecule has 0 unspecified atom stereocenters. The van der Waals surface area contributed by atoms with Crippen LogP contribution in [0.15, 0.2) is 72.8 Å². The van der Waals surface area contributed by atoms with Crippen LogP contribution in [0.2, 0.25) is 0 Å². The van der Waals surface area contributed by atoms with Crippen molar-refractivity contribution in [2.45, 2.75) is 18.7 Å². The molecule has 3 N–H and O–H groups in total. The molecule has 1 amide bonds. The highest BCUT2D eigenvalue weighted by molar-refractivity contribution is 7.89. The summed E-state index contributed by atoms with van der Waals surface area (Å²) in [5.41, 5.74) is 2.66. The maximum Gasteiger partial charge on any atom is 0.422 e. The molecule has 0 aliphatic carbocycles. The van der Waals surface area contributed by atoms with Gasteiger partial charge in [0.15, 0.2) is 6.61 Å². The van der Waals surface area contributed by atoms with Gasteiger partial charge in [0.1, 0.15) is 5.75 Å². The van der Waals surface area contributed by atoms with Crippen molar-refractivity contribution in [1.82, 2.24) is 10.0 Å². The smallest absolute Gasteiger partial charge is 0.422 e. The molecule has 0 saturated carbocycles. The normalized spacial score (nSPS) is 12.3. The van der Waals surface area contributed by atoms with Crippen LogP contribution in [0.1, 0.15) is 27.6 Å². The van der Waals surface area contributed by atoms with Crippen LogP contribution in [0.25, 0.3) is 11.1 Å². The first-order chi connectivity index (χ1) is 17.4. The summed E-state index contributed by atoms with van der Waals surface area (Å²) >= 11 is 0. The second-order valence-corrected chi connectivity index (χ2v) is 10.1. The van der Waals surface area contributed by atoms with Gasteiger partial charge in [-0.05, 0) is 47.4 Å². The first-order valence-corrected chi connectivity index (χ1v) is 13.2. The fourth-order valence-corrected chi connectivity index (χ4v) is 3.97. The van der Waals surface area contributed by atoms with Crippen LogP contribution < -0.4 is 14.8 Å². The van der Waals surface area contributed by atoms with E-state index in [2.05, 4.69) is 5.32 Å². The average molecular weight is 573 g/mol. The van der Waals surface area contributed by atoms with Gasteiger partial charge in [-0.25, -0.2) is 13.1 Å². The number of benzene rings is 3. The Balaban J connectivity index is 0.00000507. The van der Waals surface area contributed by atoms with Gasteiger partial charge in [0.25, 0.3) is 5.91 Å². The van der Waals surface area contributed by atoms with Gasteiger partial charge in [0, 0.05) is 6.54 Å². The van der Waals surface area contributed by atoms with E-state index in [9.17, 15) is 31.5 Å². The zero-order valence-electron chi connectivity index (χ0n) is 20.4. The van der Waals surface area contributed by atoms with Gasteiger partial charge in [0.05, 0.1) is 17.9 Å². The van der Waals surface area contributed by atoms with Crippen molar-refractivity contribution in [3.8, 4) is 16.9 Å². The number of hydrogen-bond donors (Lipinski definition) is 3. The summed E-state index contributed by atoms with van der Waals surface area (Å²) in [7, 11) is -3.92. The van der Waals surface area contributed by atoms with Crippen molar-refractivity contribution in [3.63, 3.8) is 0 Å². The fraction of sp³-hybridized carbons (Fsp3) is 0.269. The number of carbonyl (C=O) groups is 1. The lowest BCUT2D eigenvalue weighted by Crippen LogP contribution is -2.30. The monoisotopic (exact) mass is 572 g/mol. The number of ether oxygens (including phenoxy) is 1. The third kappa shape index (κ3) is 9.97. The van der Waals surface area contributed by atoms with Crippen molar-refractivity contribution < 1.29 is 36.2 Å². The number of halogens is 4. The van der Waals surface area contributed by atoms with Gasteiger partial charge in [-0.3, -0.25) is 4.79 Å². The molecule has 0 bridgehead atoms. The molecule has 0 fully saturated rings. The van der Waals surface area contributed by atoms with E-state index in [1.165, 1.54) is 18.2 Å². The molecule has 0 aliphatic rings. The molecule has 1 atom stereocenters. The summed E-state index contributed by atoms with van der Waals surface area (Å²) in [6.45, 7) is -0.606. The number of alkyl halides is 3. The van der Waals surface area contributed by atoms with Gasteiger partial charge in [-0.2, -0.15) is 13.2 Å². The Morgan fingerprint density at radius 3 is 2.24 bits per heavy atom. The van der Waals surface area contributed by atoms with Crippen molar-refractivity contribution in [2.75, 3.05) is 26.0 Å². The topological polar surface area (TPSA) is 105 Å². The van der Waals surface area contributed by atoms with E-state index in [4.69, 9.17) is 4.74 Å². The Bertz CT molecular complexity index is 1300. The maximum absolute atomic E-state index is 12.7. The lowest BCUT2D eigenvalue weighted by molar-refractivity contribution is -0.153. The van der Waals surface area contributed by atoms with Gasteiger partial charge < -0.3 is 15.2 Å². The van der Waals surface area contributed by atoms with E-state index >= 15 is 0 Å². The number of amides is 1. The molecule has 0 heterocycles. The zero-order chi connectivity index (χ0) is 27.1. The van der Waals surface area contributed by atoms with E-state index in [1.807, 2.05) is 42.5 Å². The minimum Gasteiger partial charge on any atom is -0.483 e. The number of sulfonamides is 1. The highest BCUT2D eigenvalue weighted by atomic mass is 35.5. The lowest BCUT2D eigenvalue weighted by atomic mass is 10.0. The molecular formula is C26H28ClF3N2O5S. The number of hydrogen-bond acceptors (Lipinski definition) is 6. The molecule has 7 nitrogen and oxygen atoms in total. The largest absolute Gasteiger partial charge is 0.483 e. The second kappa shape index (κ2) is 13.6. The minimum atomic E-state index is -4.65. The molecule has 0 saturated heterocycles. The predicted octanol–water partition coefficient (Wildman–Crippen LogP) is 4.27. The number of carbonyl (C=O) groups excluding carboxylic acids is 1. The van der Waals surface area contributed by atoms with Crippen LogP contribution in [0.5, 0.6) is 5.75 Å². The Kier molecular flexibility index (Phi) is 11.1. The molecule has 0 spiro atoms. The van der Waals surface area contributed by atoms with Crippen molar-refractivity contribution in [2.24, 2.45) is 0 Å². The first-order valence-electron chi connectivity index (χ1n) is 11.3. The zero-order valence-corrected chi connectivity index (χ0v) is 22.0. The standard InChI is InChI=1S/C26H27F3N2O5S.ClH/c1-37(34,35)31-25(33)22-12-11-21(15-24(22)36-17-26(27,28)29)19-9-7-18(8-10-19)13-14-30-16-23(32)20-5-3-2-4-6-20;/h2-12,15,23,30,32H,13-14,16-17H2,1H3,(H,31,33);1H/t23-;/m0./s1. The molecule has 3 rings (SSSR count). The maximum atomic E-state index is 12.7. The van der Waals surface area contributed by atoms with Crippen molar-refractivity contribution in [1.29, 1.82) is 0 Å². The number of rotatable bonds is 11. The lowest BCUT2D eigenvalue weighted by Gasteiger charge is -2.15. The molecule has 3 aromatic carbocycles. The van der Waals surface area contributed by atoms with Gasteiger partial charge in [0.2, 0.25) is 10.0 Å². The number of aliphatic hydroxyl groups excluding tert-OH is 1. The predicted molar refractivity (Wildman–Crippen MR) is 141 cm³/mol. The third-order valence-electron chi connectivity index (χ3n) is 5.30. The Labute approximate surface area is 225 Å². The Hall–Kier alpha value is -3.12. The molecule has 0 aromatic heterocycles. The highest BCUT2D eigenvalue weighted by Crippen LogP contribution is 2.29. The molecule has 12 heteroatoms. The van der Waals surface area contributed by atoms with Crippen molar-refractivity contribution >= 4 is 28.3 Å². The molecule has 0 aliphatic heterocycles. The Morgan fingerprint density at radius 2 is 1.63 bits per heavy atom. The fourth-order valence-electron chi connectivity index (χ4n) is 3.52. The third-order valence-corrected chi connectivity index (χ3v) is 5.85. The Morgan fingerprint density at radius 1 is 1.00 bits per heavy atom. The van der Waals surface area contributed by atoms with Crippen LogP contribution >= 0.6 is 12.4 Å². The van der Waals surface area contributed by atoms with Gasteiger partial charge >= 0.3 is 6.18 Å². The number of aliphatic hydroxyl groups is 1. The molecule has 38 heavy (non-hydrogen) atoms. The van der Waals surface area contributed by atoms with Crippen LogP contribution in [0.4, 0.5) is 13.2 Å². The summed E-state index contributed by atoms with van der Waals surface area (Å²) in [6.07, 6.45) is -3.81. The summed E-state index contributed by atoms with van der Waals surface area (Å²) in [6, 6.07) is 20.6. The van der Waals surface area contributed by atoms with Gasteiger partial charge in [-0.1, -0.05) is 60.7 Å². The molecular weight excluding hydrogens is 545 g/mol. The molecule has 3 aromatic rings. The minimum absolute atomic E-state index is 0. The number of nitrogens with one attached hydrogen (secondary N) is 2. The van der Waals surface area contributed by atoms with Crippen LogP contribution in [0.3, 0.4) is 0 Å². The van der Waals surface area contributed by atoms with E-state index in [-0.39, 0.29) is 23.7 Å². The summed E-state index contributed by atoms with van der Waals surface area (Å²) in [5, 5.41) is 13.4. The highest BCUT2D eigenvalue weighted by Gasteiger charge is 2.29. The summed E-state index contributed by atoms with van der Waals surface area (Å²) < 4.78 is 67.5. The quantitative estimate of drug-likeness (QED) is 0.296. The van der Waals surface area contributed by atoms with E-state index in [0.717, 1.165) is 17.4 Å². The van der Waals surface area contributed by atoms with E-state index in [1.54, 1.807) is 16.9 Å². The van der Waals surface area contributed by atoms with E-state index < -0.39 is 34.8 Å². The first kappa shape index (κ1) is 31.1. The van der Waals surface area contributed by atoms with Gasteiger partial charge in [-0.15, -0.1) is 12.4 Å². The summed E-state index contributed by atoms with van der Waals surface area (Å²) in [5.74, 6) is -1.48. The average Bonchev–Trinajstić information content (AvgIpc) is 2.84. The van der Waals surface area contributed by atoms with Crippen molar-refractivity contribution in [3.05, 3.63) is 89.5 Å². The van der Waals surface area contributed by atoms with Crippen LogP contribution in [0, 0.1) is 0 Å².